The summed E-state index contributed by atoms with van der Waals surface area (Å²) in [5.41, 5.74) is 6.50. The molecule has 4 aliphatic carbocycles. The molecule has 0 bridgehead atoms. The van der Waals surface area contributed by atoms with Crippen molar-refractivity contribution in [3.05, 3.63) is 0 Å². The van der Waals surface area contributed by atoms with Gasteiger partial charge in [-0.25, -0.2) is 4.79 Å². The summed E-state index contributed by atoms with van der Waals surface area (Å²) >= 11 is 0. The van der Waals surface area contributed by atoms with Gasteiger partial charge >= 0.3 is 5.97 Å². The summed E-state index contributed by atoms with van der Waals surface area (Å²) in [7, 11) is 1.53. The van der Waals surface area contributed by atoms with Gasteiger partial charge in [-0.3, -0.25) is 19.2 Å². The second kappa shape index (κ2) is 19.8. The molecule has 0 aromatic carbocycles. The van der Waals surface area contributed by atoms with Crippen molar-refractivity contribution in [1.29, 1.82) is 0 Å². The van der Waals surface area contributed by atoms with Crippen LogP contribution in [0.1, 0.15) is 149 Å². The van der Waals surface area contributed by atoms with Crippen molar-refractivity contribution in [3.8, 4) is 0 Å². The van der Waals surface area contributed by atoms with Crippen molar-refractivity contribution in [2.75, 3.05) is 7.05 Å². The van der Waals surface area contributed by atoms with Gasteiger partial charge < -0.3 is 31.7 Å². The van der Waals surface area contributed by atoms with Crippen LogP contribution in [-0.2, 0) is 24.0 Å². The number of nitrogens with one attached hydrogen (secondary N) is 3. The highest BCUT2D eigenvalue weighted by Crippen LogP contribution is 2.32. The predicted molar refractivity (Wildman–Crippen MR) is 194 cm³/mol. The normalized spacial score (nSPS) is 23.8. The van der Waals surface area contributed by atoms with Gasteiger partial charge in [0, 0.05) is 7.05 Å². The maximum absolute atomic E-state index is 14.5. The van der Waals surface area contributed by atoms with Gasteiger partial charge in [-0.15, -0.1) is 0 Å². The molecule has 6 atom stereocenters. The molecule has 4 aliphatic rings. The van der Waals surface area contributed by atoms with Gasteiger partial charge in [0.2, 0.25) is 23.6 Å². The predicted octanol–water partition coefficient (Wildman–Crippen LogP) is 5.05. The molecule has 6 N–H and O–H groups in total. The number of nitrogens with two attached hydrogens (primary N) is 1. The van der Waals surface area contributed by atoms with Crippen LogP contribution in [0.2, 0.25) is 0 Å². The SMILES string of the molecule is CC[C@H](C)[C@H](C(=O)O)N(C)C(=O)[C@H](NC(=O)[C@H](NC(=O)[C@H](NC(=O)[C@H](N)C1CCCCC1)C1CCCCC1)C1CCCCC1)C1CCCCC1. The Balaban J connectivity index is 1.58. The highest BCUT2D eigenvalue weighted by atomic mass is 16.4. The molecule has 50 heavy (non-hydrogen) atoms. The summed E-state index contributed by atoms with van der Waals surface area (Å²) in [5.74, 6) is -2.92. The van der Waals surface area contributed by atoms with Gasteiger partial charge in [0.05, 0.1) is 6.04 Å². The first-order chi connectivity index (χ1) is 24.0. The average molecular weight is 702 g/mol. The van der Waals surface area contributed by atoms with Crippen molar-refractivity contribution in [3.63, 3.8) is 0 Å². The first-order valence-electron chi connectivity index (χ1n) is 20.2. The fourth-order valence-corrected chi connectivity index (χ4v) is 9.39. The van der Waals surface area contributed by atoms with Gasteiger partial charge in [-0.2, -0.15) is 0 Å². The summed E-state index contributed by atoms with van der Waals surface area (Å²) < 4.78 is 0. The monoisotopic (exact) mass is 702 g/mol. The van der Waals surface area contributed by atoms with Crippen molar-refractivity contribution in [2.45, 2.75) is 179 Å². The van der Waals surface area contributed by atoms with E-state index in [-0.39, 0.29) is 41.4 Å². The Morgan fingerprint density at radius 2 is 0.940 bits per heavy atom. The Hall–Kier alpha value is -2.69. The summed E-state index contributed by atoms with van der Waals surface area (Å²) in [6, 6.07) is -4.22. The second-order valence-corrected chi connectivity index (χ2v) is 16.2. The Morgan fingerprint density at radius 3 is 1.32 bits per heavy atom. The quantitative estimate of drug-likeness (QED) is 0.159. The minimum atomic E-state index is -1.06. The number of carboxylic acids is 1. The van der Waals surface area contributed by atoms with E-state index in [9.17, 15) is 29.1 Å². The number of hydrogen-bond acceptors (Lipinski definition) is 6. The van der Waals surface area contributed by atoms with Crippen LogP contribution in [0.3, 0.4) is 0 Å². The Kier molecular flexibility index (Phi) is 15.9. The van der Waals surface area contributed by atoms with E-state index < -0.39 is 48.0 Å². The van der Waals surface area contributed by atoms with E-state index in [0.717, 1.165) is 128 Å². The molecule has 0 aromatic heterocycles. The zero-order valence-corrected chi connectivity index (χ0v) is 31.1. The number of amides is 4. The molecule has 0 radical (unpaired) electrons. The van der Waals surface area contributed by atoms with E-state index in [2.05, 4.69) is 16.0 Å². The summed E-state index contributed by atoms with van der Waals surface area (Å²) in [6.07, 6.45) is 19.4. The average Bonchev–Trinajstić information content (AvgIpc) is 3.15. The standard InChI is InChI=1S/C39H67N5O6/c1-4-25(2)34(39(49)50)44(3)38(48)33(29-23-15-8-16-24-29)43-37(47)32(28-21-13-7-14-22-28)42-36(46)31(27-19-11-6-12-20-27)41-35(45)30(40)26-17-9-5-10-18-26/h25-34H,4-24,40H2,1-3H3,(H,41,45)(H,42,46)(H,43,47)(H,49,50)/t25-,30+,31+,32+,33+,34+/m0/s1. The number of likely N-dealkylation sites (N-methyl/N-ethyl adjacent to an activating group) is 1. The van der Waals surface area contributed by atoms with Crippen molar-refractivity contribution in [1.82, 2.24) is 20.9 Å². The lowest BCUT2D eigenvalue weighted by Crippen LogP contribution is -2.63. The molecule has 11 heteroatoms. The van der Waals surface area contributed by atoms with Crippen LogP contribution < -0.4 is 21.7 Å². The lowest BCUT2D eigenvalue weighted by Gasteiger charge is -2.38. The highest BCUT2D eigenvalue weighted by molar-refractivity contribution is 5.96. The molecular formula is C39H67N5O6. The Bertz CT molecular complexity index is 1130. The first kappa shape index (κ1) is 40.1. The maximum atomic E-state index is 14.5. The van der Waals surface area contributed by atoms with E-state index in [4.69, 9.17) is 5.73 Å². The molecule has 0 saturated heterocycles. The molecule has 0 heterocycles. The van der Waals surface area contributed by atoms with Gasteiger partial charge in [-0.05, 0) is 81.0 Å². The van der Waals surface area contributed by atoms with Crippen molar-refractivity contribution < 1.29 is 29.1 Å². The molecule has 0 aromatic rings. The number of aliphatic carboxylic acids is 1. The molecule has 0 aliphatic heterocycles. The Morgan fingerprint density at radius 1 is 0.600 bits per heavy atom. The lowest BCUT2D eigenvalue weighted by molar-refractivity contribution is -0.153. The molecule has 284 valence electrons. The van der Waals surface area contributed by atoms with E-state index in [1.54, 1.807) is 0 Å². The molecule has 11 nitrogen and oxygen atoms in total. The number of rotatable bonds is 15. The van der Waals surface area contributed by atoms with E-state index in [1.807, 2.05) is 13.8 Å². The van der Waals surface area contributed by atoms with Crippen molar-refractivity contribution in [2.24, 2.45) is 35.3 Å². The van der Waals surface area contributed by atoms with Crippen LogP contribution in [-0.4, -0.2) is 76.9 Å². The topological polar surface area (TPSA) is 171 Å². The maximum Gasteiger partial charge on any atom is 0.326 e. The summed E-state index contributed by atoms with van der Waals surface area (Å²) in [6.45, 7) is 3.73. The third-order valence-electron chi connectivity index (χ3n) is 12.7. The van der Waals surface area contributed by atoms with Crippen LogP contribution in [0.5, 0.6) is 0 Å². The number of hydrogen-bond donors (Lipinski definition) is 5. The van der Waals surface area contributed by atoms with Gasteiger partial charge in [0.25, 0.3) is 0 Å². The van der Waals surface area contributed by atoms with Crippen LogP contribution >= 0.6 is 0 Å². The number of carbonyl (C=O) groups excluding carboxylic acids is 4. The summed E-state index contributed by atoms with van der Waals surface area (Å²) in [4.78, 5) is 70.2. The van der Waals surface area contributed by atoms with Crippen LogP contribution in [0.25, 0.3) is 0 Å². The van der Waals surface area contributed by atoms with Gasteiger partial charge in [0.1, 0.15) is 24.2 Å². The van der Waals surface area contributed by atoms with E-state index in [1.165, 1.54) is 11.9 Å². The fraction of sp³-hybridized carbons (Fsp3) is 0.872. The molecule has 4 rings (SSSR count). The zero-order chi connectivity index (χ0) is 36.2. The number of nitrogens with zero attached hydrogens (tertiary/aromatic N) is 1. The fourth-order valence-electron chi connectivity index (χ4n) is 9.39. The molecule has 0 spiro atoms. The third-order valence-corrected chi connectivity index (χ3v) is 12.7. The molecule has 0 unspecified atom stereocenters. The minimum Gasteiger partial charge on any atom is -0.480 e. The van der Waals surface area contributed by atoms with Crippen LogP contribution in [0, 0.1) is 29.6 Å². The zero-order valence-electron chi connectivity index (χ0n) is 31.1. The lowest BCUT2D eigenvalue weighted by atomic mass is 9.80. The largest absolute Gasteiger partial charge is 0.480 e. The first-order valence-corrected chi connectivity index (χ1v) is 20.2. The Labute approximate surface area is 300 Å². The molecule has 4 amide bonds. The highest BCUT2D eigenvalue weighted by Gasteiger charge is 2.42. The number of carboxylic acid groups (broad SMARTS) is 1. The molecule has 4 fully saturated rings. The van der Waals surface area contributed by atoms with Crippen LogP contribution in [0.15, 0.2) is 0 Å². The second-order valence-electron chi connectivity index (χ2n) is 16.2. The van der Waals surface area contributed by atoms with E-state index in [0.29, 0.717) is 6.42 Å². The third kappa shape index (κ3) is 10.7. The van der Waals surface area contributed by atoms with Gasteiger partial charge in [-0.1, -0.05) is 97.3 Å². The molecule has 4 saturated carbocycles. The smallest absolute Gasteiger partial charge is 0.326 e. The van der Waals surface area contributed by atoms with E-state index >= 15 is 0 Å². The van der Waals surface area contributed by atoms with Crippen LogP contribution in [0.4, 0.5) is 0 Å². The minimum absolute atomic E-state index is 0.0416. The van der Waals surface area contributed by atoms with Gasteiger partial charge in [0.15, 0.2) is 0 Å². The number of carbonyl (C=O) groups is 5. The van der Waals surface area contributed by atoms with Crippen molar-refractivity contribution >= 4 is 29.6 Å². The summed E-state index contributed by atoms with van der Waals surface area (Å²) in [5, 5.41) is 19.4. The molecular weight excluding hydrogens is 634 g/mol.